The van der Waals surface area contributed by atoms with Gasteiger partial charge in [0.05, 0.1) is 6.10 Å². The van der Waals surface area contributed by atoms with Crippen LogP contribution in [0.25, 0.3) is 0 Å². The van der Waals surface area contributed by atoms with Gasteiger partial charge in [-0.25, -0.2) is 0 Å². The van der Waals surface area contributed by atoms with Crippen LogP contribution in [0, 0.1) is 11.8 Å². The van der Waals surface area contributed by atoms with E-state index in [2.05, 4.69) is 0 Å². The van der Waals surface area contributed by atoms with Crippen LogP contribution in [-0.4, -0.2) is 17.0 Å². The monoisotopic (exact) mass is 182 g/mol. The fraction of sp³-hybridized carbons (Fsp3) is 0.909. The van der Waals surface area contributed by atoms with E-state index in [0.29, 0.717) is 18.1 Å². The number of aliphatic hydroxyl groups is 1. The van der Waals surface area contributed by atoms with Crippen molar-refractivity contribution >= 4 is 5.78 Å². The molecule has 3 atom stereocenters. The Morgan fingerprint density at radius 1 is 1.08 bits per heavy atom. The number of rotatable bonds is 0. The first-order chi connectivity index (χ1) is 6.29. The maximum Gasteiger partial charge on any atom is 0.138 e. The van der Waals surface area contributed by atoms with E-state index in [9.17, 15) is 9.90 Å². The van der Waals surface area contributed by atoms with Crippen LogP contribution >= 0.6 is 0 Å². The highest BCUT2D eigenvalue weighted by atomic mass is 16.3. The van der Waals surface area contributed by atoms with Crippen molar-refractivity contribution in [1.29, 1.82) is 0 Å². The second kappa shape index (κ2) is 3.79. The minimum absolute atomic E-state index is 0.000278. The molecule has 13 heavy (non-hydrogen) atoms. The highest BCUT2D eigenvalue weighted by Gasteiger charge is 2.39. The van der Waals surface area contributed by atoms with Gasteiger partial charge in [0.2, 0.25) is 0 Å². The molecule has 2 aliphatic carbocycles. The Labute approximate surface area is 79.3 Å². The van der Waals surface area contributed by atoms with E-state index in [4.69, 9.17) is 0 Å². The van der Waals surface area contributed by atoms with Gasteiger partial charge in [-0.3, -0.25) is 4.79 Å². The lowest BCUT2D eigenvalue weighted by molar-refractivity contribution is -0.127. The van der Waals surface area contributed by atoms with E-state index < -0.39 is 0 Å². The molecule has 0 aromatic carbocycles. The van der Waals surface area contributed by atoms with Gasteiger partial charge >= 0.3 is 0 Å². The molecule has 1 N–H and O–H groups in total. The fourth-order valence-electron chi connectivity index (χ4n) is 2.91. The lowest BCUT2D eigenvalue weighted by Crippen LogP contribution is -2.29. The average Bonchev–Trinajstić information content (AvgIpc) is 2.42. The number of aliphatic hydroxyl groups excluding tert-OH is 1. The summed E-state index contributed by atoms with van der Waals surface area (Å²) in [4.78, 5) is 11.7. The Hall–Kier alpha value is -0.370. The third-order valence-corrected chi connectivity index (χ3v) is 3.63. The highest BCUT2D eigenvalue weighted by molar-refractivity contribution is 5.82. The molecule has 0 aromatic rings. The van der Waals surface area contributed by atoms with Crippen LogP contribution in [0.15, 0.2) is 0 Å². The average molecular weight is 182 g/mol. The number of fused-ring (bicyclic) bond motifs is 1. The van der Waals surface area contributed by atoms with E-state index in [-0.39, 0.29) is 12.0 Å². The van der Waals surface area contributed by atoms with Crippen LogP contribution in [-0.2, 0) is 4.79 Å². The molecule has 0 aromatic heterocycles. The first-order valence-electron chi connectivity index (χ1n) is 5.50. The Morgan fingerprint density at radius 2 is 1.92 bits per heavy atom. The first-order valence-corrected chi connectivity index (χ1v) is 5.50. The number of carbonyl (C=O) groups is 1. The molecule has 0 radical (unpaired) electrons. The predicted molar refractivity (Wildman–Crippen MR) is 50.3 cm³/mol. The summed E-state index contributed by atoms with van der Waals surface area (Å²) in [6.45, 7) is 0. The lowest BCUT2D eigenvalue weighted by atomic mass is 9.82. The van der Waals surface area contributed by atoms with Crippen LogP contribution in [0.3, 0.4) is 0 Å². The molecule has 74 valence electrons. The quantitative estimate of drug-likeness (QED) is 0.621. The number of carbonyl (C=O) groups excluding carboxylic acids is 1. The van der Waals surface area contributed by atoms with Gasteiger partial charge in [0.25, 0.3) is 0 Å². The summed E-state index contributed by atoms with van der Waals surface area (Å²) in [5, 5.41) is 9.69. The van der Waals surface area contributed by atoms with Gasteiger partial charge < -0.3 is 5.11 Å². The summed E-state index contributed by atoms with van der Waals surface area (Å²) >= 11 is 0. The van der Waals surface area contributed by atoms with Crippen LogP contribution in [0.1, 0.15) is 44.9 Å². The first kappa shape index (κ1) is 9.20. The molecular weight excluding hydrogens is 164 g/mol. The molecule has 2 nitrogen and oxygen atoms in total. The summed E-state index contributed by atoms with van der Waals surface area (Å²) in [5.41, 5.74) is 0. The Bertz CT molecular complexity index is 200. The minimum Gasteiger partial charge on any atom is -0.392 e. The van der Waals surface area contributed by atoms with Crippen molar-refractivity contribution in [2.75, 3.05) is 0 Å². The summed E-state index contributed by atoms with van der Waals surface area (Å²) in [6.07, 6.45) is 6.95. The molecule has 2 rings (SSSR count). The van der Waals surface area contributed by atoms with E-state index in [1.165, 1.54) is 12.8 Å². The number of hydrogen-bond acceptors (Lipinski definition) is 2. The Kier molecular flexibility index (Phi) is 2.68. The predicted octanol–water partition coefficient (Wildman–Crippen LogP) is 1.91. The molecule has 0 saturated heterocycles. The SMILES string of the molecule is O=C1CCCCC[C@@H]2CC[C@@H](O)[C@@H]12. The molecule has 2 fully saturated rings. The molecular formula is C11H18O2. The van der Waals surface area contributed by atoms with Gasteiger partial charge in [-0.15, -0.1) is 0 Å². The molecule has 2 heteroatoms. The zero-order chi connectivity index (χ0) is 9.26. The van der Waals surface area contributed by atoms with Crippen LogP contribution in [0.4, 0.5) is 0 Å². The fourth-order valence-corrected chi connectivity index (χ4v) is 2.91. The molecule has 2 aliphatic rings. The van der Waals surface area contributed by atoms with E-state index in [1.807, 2.05) is 0 Å². The zero-order valence-electron chi connectivity index (χ0n) is 8.04. The number of hydrogen-bond donors (Lipinski definition) is 1. The van der Waals surface area contributed by atoms with Gasteiger partial charge in [0, 0.05) is 12.3 Å². The second-order valence-electron chi connectivity index (χ2n) is 4.50. The van der Waals surface area contributed by atoms with Gasteiger partial charge in [0.15, 0.2) is 0 Å². The number of Topliss-reactive ketones (excluding diaryl/α,β-unsaturated/α-hetero) is 1. The summed E-state index contributed by atoms with van der Waals surface area (Å²) in [5.74, 6) is 0.831. The van der Waals surface area contributed by atoms with Crippen molar-refractivity contribution < 1.29 is 9.90 Å². The standard InChI is InChI=1S/C11H18O2/c12-9-5-3-1-2-4-8-6-7-10(13)11(8)9/h8,10-11,13H,1-7H2/t8-,10-,11-/m1/s1. The molecule has 0 bridgehead atoms. The van der Waals surface area contributed by atoms with Crippen LogP contribution in [0.5, 0.6) is 0 Å². The van der Waals surface area contributed by atoms with Gasteiger partial charge in [-0.05, 0) is 31.6 Å². The van der Waals surface area contributed by atoms with Crippen molar-refractivity contribution in [2.24, 2.45) is 11.8 Å². The molecule has 0 amide bonds. The maximum atomic E-state index is 11.7. The summed E-state index contributed by atoms with van der Waals surface area (Å²) in [6, 6.07) is 0. The Balaban J connectivity index is 2.09. The zero-order valence-corrected chi connectivity index (χ0v) is 8.04. The molecule has 0 unspecified atom stereocenters. The van der Waals surface area contributed by atoms with Crippen molar-refractivity contribution in [3.05, 3.63) is 0 Å². The van der Waals surface area contributed by atoms with E-state index >= 15 is 0 Å². The van der Waals surface area contributed by atoms with Gasteiger partial charge in [-0.1, -0.05) is 12.8 Å². The third kappa shape index (κ3) is 1.78. The minimum atomic E-state index is -0.324. The second-order valence-corrected chi connectivity index (χ2v) is 4.50. The smallest absolute Gasteiger partial charge is 0.138 e. The van der Waals surface area contributed by atoms with Crippen molar-refractivity contribution in [2.45, 2.75) is 51.0 Å². The highest BCUT2D eigenvalue weighted by Crippen LogP contribution is 2.38. The molecule has 2 saturated carbocycles. The van der Waals surface area contributed by atoms with Crippen molar-refractivity contribution in [3.8, 4) is 0 Å². The van der Waals surface area contributed by atoms with Gasteiger partial charge in [-0.2, -0.15) is 0 Å². The van der Waals surface area contributed by atoms with Crippen molar-refractivity contribution in [1.82, 2.24) is 0 Å². The maximum absolute atomic E-state index is 11.7. The summed E-state index contributed by atoms with van der Waals surface area (Å²) in [7, 11) is 0. The largest absolute Gasteiger partial charge is 0.392 e. The molecule has 0 heterocycles. The summed E-state index contributed by atoms with van der Waals surface area (Å²) < 4.78 is 0. The topological polar surface area (TPSA) is 37.3 Å². The van der Waals surface area contributed by atoms with E-state index in [1.54, 1.807) is 0 Å². The third-order valence-electron chi connectivity index (χ3n) is 3.63. The normalized spacial score (nSPS) is 41.0. The van der Waals surface area contributed by atoms with Gasteiger partial charge in [0.1, 0.15) is 5.78 Å². The number of ketones is 1. The van der Waals surface area contributed by atoms with E-state index in [0.717, 1.165) is 25.7 Å². The lowest BCUT2D eigenvalue weighted by Gasteiger charge is -2.23. The molecule has 0 spiro atoms. The molecule has 0 aliphatic heterocycles. The Morgan fingerprint density at radius 3 is 2.77 bits per heavy atom. The van der Waals surface area contributed by atoms with Crippen LogP contribution in [0.2, 0.25) is 0 Å². The van der Waals surface area contributed by atoms with Crippen molar-refractivity contribution in [3.63, 3.8) is 0 Å². The van der Waals surface area contributed by atoms with Crippen LogP contribution < -0.4 is 0 Å².